The van der Waals surface area contributed by atoms with Gasteiger partial charge in [0.1, 0.15) is 5.70 Å². The van der Waals surface area contributed by atoms with Crippen LogP contribution in [0, 0.1) is 6.92 Å². The Morgan fingerprint density at radius 2 is 1.66 bits per heavy atom. The minimum absolute atomic E-state index is 0.0146. The number of imide groups is 1. The maximum absolute atomic E-state index is 13.1. The molecule has 0 spiro atoms. The number of amides is 2. The molecule has 0 bridgehead atoms. The van der Waals surface area contributed by atoms with Crippen molar-refractivity contribution in [3.05, 3.63) is 69.3 Å². The molecule has 29 heavy (non-hydrogen) atoms. The molecule has 1 aliphatic rings. The SMILES string of the molecule is Cc1cc(Cl)ccc1NC1=C(c2ccc(Cl)cc2)C(=O)N(CCOC(C)C)C1=O. The first-order chi connectivity index (χ1) is 13.8. The third-order valence-corrected chi connectivity index (χ3v) is 5.00. The van der Waals surface area contributed by atoms with Crippen molar-refractivity contribution in [2.24, 2.45) is 0 Å². The van der Waals surface area contributed by atoms with Crippen LogP contribution in [0.4, 0.5) is 5.69 Å². The summed E-state index contributed by atoms with van der Waals surface area (Å²) in [6, 6.07) is 12.2. The summed E-state index contributed by atoms with van der Waals surface area (Å²) in [6.07, 6.45) is 0.0146. The lowest BCUT2D eigenvalue weighted by Crippen LogP contribution is -2.35. The maximum atomic E-state index is 13.1. The van der Waals surface area contributed by atoms with E-state index in [4.69, 9.17) is 27.9 Å². The Morgan fingerprint density at radius 3 is 2.28 bits per heavy atom. The smallest absolute Gasteiger partial charge is 0.278 e. The topological polar surface area (TPSA) is 58.6 Å². The molecule has 1 N–H and O–H groups in total. The Morgan fingerprint density at radius 1 is 1.00 bits per heavy atom. The second-order valence-corrected chi connectivity index (χ2v) is 7.90. The van der Waals surface area contributed by atoms with Crippen LogP contribution in [0.5, 0.6) is 0 Å². The molecule has 0 unspecified atom stereocenters. The highest BCUT2D eigenvalue weighted by Crippen LogP contribution is 2.32. The molecule has 3 rings (SSSR count). The van der Waals surface area contributed by atoms with Gasteiger partial charge in [-0.1, -0.05) is 35.3 Å². The van der Waals surface area contributed by atoms with Crippen molar-refractivity contribution in [3.8, 4) is 0 Å². The number of ether oxygens (including phenoxy) is 1. The zero-order valence-electron chi connectivity index (χ0n) is 16.5. The highest BCUT2D eigenvalue weighted by atomic mass is 35.5. The van der Waals surface area contributed by atoms with Crippen molar-refractivity contribution in [2.45, 2.75) is 26.9 Å². The molecule has 5 nitrogen and oxygen atoms in total. The van der Waals surface area contributed by atoms with E-state index in [9.17, 15) is 9.59 Å². The van der Waals surface area contributed by atoms with Crippen molar-refractivity contribution in [3.63, 3.8) is 0 Å². The summed E-state index contributed by atoms with van der Waals surface area (Å²) in [6.45, 7) is 6.14. The molecule has 0 atom stereocenters. The maximum Gasteiger partial charge on any atom is 0.278 e. The standard InChI is InChI=1S/C22H22Cl2N2O3/c1-13(2)29-11-10-26-21(27)19(15-4-6-16(23)7-5-15)20(22(26)28)25-18-9-8-17(24)12-14(18)3/h4-9,12-13,25H,10-11H2,1-3H3. The van der Waals surface area contributed by atoms with Gasteiger partial charge in [0.25, 0.3) is 11.8 Å². The van der Waals surface area contributed by atoms with Crippen LogP contribution in [0.15, 0.2) is 48.2 Å². The molecule has 0 saturated heterocycles. The molecule has 0 aliphatic carbocycles. The quantitative estimate of drug-likeness (QED) is 0.630. The van der Waals surface area contributed by atoms with E-state index in [1.54, 1.807) is 42.5 Å². The van der Waals surface area contributed by atoms with Gasteiger partial charge in [0.05, 0.1) is 24.8 Å². The number of hydrogen-bond donors (Lipinski definition) is 1. The molecule has 2 aromatic carbocycles. The first-order valence-corrected chi connectivity index (χ1v) is 10.0. The summed E-state index contributed by atoms with van der Waals surface area (Å²) in [5, 5.41) is 4.29. The number of halogens is 2. The molecule has 0 aromatic heterocycles. The monoisotopic (exact) mass is 432 g/mol. The number of anilines is 1. The number of nitrogens with zero attached hydrogens (tertiary/aromatic N) is 1. The Labute approximate surface area is 180 Å². The van der Waals surface area contributed by atoms with E-state index in [0.717, 1.165) is 5.56 Å². The number of nitrogens with one attached hydrogen (secondary N) is 1. The first-order valence-electron chi connectivity index (χ1n) is 9.29. The Bertz CT molecular complexity index is 969. The van der Waals surface area contributed by atoms with Crippen LogP contribution in [0.1, 0.15) is 25.0 Å². The van der Waals surface area contributed by atoms with Gasteiger partial charge in [-0.05, 0) is 62.2 Å². The molecule has 2 aromatic rings. The third-order valence-electron chi connectivity index (χ3n) is 4.52. The van der Waals surface area contributed by atoms with E-state index < -0.39 is 0 Å². The molecular weight excluding hydrogens is 411 g/mol. The Balaban J connectivity index is 1.98. The van der Waals surface area contributed by atoms with Gasteiger partial charge >= 0.3 is 0 Å². The van der Waals surface area contributed by atoms with Crippen LogP contribution in [0.2, 0.25) is 10.0 Å². The van der Waals surface area contributed by atoms with Crippen LogP contribution >= 0.6 is 23.2 Å². The lowest BCUT2D eigenvalue weighted by atomic mass is 10.0. The van der Waals surface area contributed by atoms with E-state index in [1.165, 1.54) is 4.90 Å². The van der Waals surface area contributed by atoms with Crippen molar-refractivity contribution in [1.82, 2.24) is 4.90 Å². The van der Waals surface area contributed by atoms with Crippen molar-refractivity contribution in [1.29, 1.82) is 0 Å². The average Bonchev–Trinajstić information content (AvgIpc) is 2.89. The first kappa shape index (κ1) is 21.4. The summed E-state index contributed by atoms with van der Waals surface area (Å²) < 4.78 is 5.53. The largest absolute Gasteiger partial charge is 0.377 e. The predicted octanol–water partition coefficient (Wildman–Crippen LogP) is 4.92. The van der Waals surface area contributed by atoms with Gasteiger partial charge in [-0.15, -0.1) is 0 Å². The van der Waals surface area contributed by atoms with Crippen LogP contribution < -0.4 is 5.32 Å². The van der Waals surface area contributed by atoms with Gasteiger partial charge in [-0.2, -0.15) is 0 Å². The number of rotatable bonds is 7. The van der Waals surface area contributed by atoms with Gasteiger partial charge in [-0.25, -0.2) is 0 Å². The highest BCUT2D eigenvalue weighted by molar-refractivity contribution is 6.37. The van der Waals surface area contributed by atoms with Gasteiger partial charge in [0.15, 0.2) is 0 Å². The minimum Gasteiger partial charge on any atom is -0.377 e. The molecule has 2 amide bonds. The Hall–Kier alpha value is -2.34. The summed E-state index contributed by atoms with van der Waals surface area (Å²) in [5.41, 5.74) is 2.73. The molecule has 0 fully saturated rings. The van der Waals surface area contributed by atoms with E-state index in [1.807, 2.05) is 20.8 Å². The van der Waals surface area contributed by atoms with E-state index in [2.05, 4.69) is 5.32 Å². The van der Waals surface area contributed by atoms with Crippen LogP contribution in [-0.4, -0.2) is 36.0 Å². The number of benzene rings is 2. The van der Waals surface area contributed by atoms with Crippen molar-refractivity contribution < 1.29 is 14.3 Å². The lowest BCUT2D eigenvalue weighted by Gasteiger charge is -2.16. The molecule has 152 valence electrons. The summed E-state index contributed by atoms with van der Waals surface area (Å²) in [5.74, 6) is -0.750. The van der Waals surface area contributed by atoms with E-state index in [0.29, 0.717) is 26.9 Å². The fourth-order valence-electron chi connectivity index (χ4n) is 3.06. The molecular formula is C22H22Cl2N2O3. The zero-order chi connectivity index (χ0) is 21.1. The second-order valence-electron chi connectivity index (χ2n) is 7.02. The summed E-state index contributed by atoms with van der Waals surface area (Å²) >= 11 is 12.0. The van der Waals surface area contributed by atoms with Gasteiger partial charge in [0, 0.05) is 15.7 Å². The third kappa shape index (κ3) is 4.81. The Kier molecular flexibility index (Phi) is 6.63. The normalized spacial score (nSPS) is 14.3. The molecule has 7 heteroatoms. The van der Waals surface area contributed by atoms with E-state index in [-0.39, 0.29) is 36.8 Å². The molecule has 1 heterocycles. The van der Waals surface area contributed by atoms with Crippen LogP contribution in [0.3, 0.4) is 0 Å². The van der Waals surface area contributed by atoms with Gasteiger partial charge in [0.2, 0.25) is 0 Å². The number of aryl methyl sites for hydroxylation is 1. The minimum atomic E-state index is -0.387. The summed E-state index contributed by atoms with van der Waals surface area (Å²) in [7, 11) is 0. The number of hydrogen-bond acceptors (Lipinski definition) is 4. The summed E-state index contributed by atoms with van der Waals surface area (Å²) in [4.78, 5) is 27.4. The van der Waals surface area contributed by atoms with Crippen LogP contribution in [0.25, 0.3) is 5.57 Å². The fraction of sp³-hybridized carbons (Fsp3) is 0.273. The van der Waals surface area contributed by atoms with Crippen LogP contribution in [-0.2, 0) is 14.3 Å². The molecule has 1 aliphatic heterocycles. The predicted molar refractivity (Wildman–Crippen MR) is 116 cm³/mol. The number of carbonyl (C=O) groups is 2. The van der Waals surface area contributed by atoms with Gasteiger partial charge in [-0.3, -0.25) is 14.5 Å². The zero-order valence-corrected chi connectivity index (χ0v) is 18.0. The average molecular weight is 433 g/mol. The number of carbonyl (C=O) groups excluding carboxylic acids is 2. The molecule has 0 saturated carbocycles. The van der Waals surface area contributed by atoms with E-state index >= 15 is 0 Å². The lowest BCUT2D eigenvalue weighted by molar-refractivity contribution is -0.137. The van der Waals surface area contributed by atoms with Gasteiger partial charge < -0.3 is 10.1 Å². The van der Waals surface area contributed by atoms with Crippen molar-refractivity contribution >= 4 is 46.3 Å². The highest BCUT2D eigenvalue weighted by Gasteiger charge is 2.39. The second kappa shape index (κ2) is 8.99. The fourth-order valence-corrected chi connectivity index (χ4v) is 3.41. The molecule has 0 radical (unpaired) electrons. The van der Waals surface area contributed by atoms with Crippen molar-refractivity contribution in [2.75, 3.05) is 18.5 Å².